The number of anilines is 1. The van der Waals surface area contributed by atoms with E-state index in [2.05, 4.69) is 39.1 Å². The molecule has 1 aliphatic heterocycles. The van der Waals surface area contributed by atoms with E-state index < -0.39 is 0 Å². The van der Waals surface area contributed by atoms with Crippen molar-refractivity contribution in [3.05, 3.63) is 47.5 Å². The molecule has 21 heavy (non-hydrogen) atoms. The van der Waals surface area contributed by atoms with Crippen LogP contribution in [0.3, 0.4) is 0 Å². The van der Waals surface area contributed by atoms with Crippen molar-refractivity contribution in [2.75, 3.05) is 18.0 Å². The smallest absolute Gasteiger partial charge is 0.138 e. The summed E-state index contributed by atoms with van der Waals surface area (Å²) in [4.78, 5) is 10.4. The summed E-state index contributed by atoms with van der Waals surface area (Å²) in [6.45, 7) is 2.34. The lowest BCUT2D eigenvalue weighted by Gasteiger charge is -2.17. The number of rotatable bonds is 2. The zero-order chi connectivity index (χ0) is 14.2. The Morgan fingerprint density at radius 2 is 1.76 bits per heavy atom. The van der Waals surface area contributed by atoms with Crippen LogP contribution in [0.2, 0.25) is 5.02 Å². The van der Waals surface area contributed by atoms with Crippen LogP contribution in [0.1, 0.15) is 12.8 Å². The first-order valence-corrected chi connectivity index (χ1v) is 7.68. The second-order valence-corrected chi connectivity index (χ2v) is 5.92. The quantitative estimate of drug-likeness (QED) is 0.756. The van der Waals surface area contributed by atoms with E-state index in [0.717, 1.165) is 27.4 Å². The highest BCUT2D eigenvalue weighted by molar-refractivity contribution is 6.31. The Hall–Kier alpha value is -2.00. The van der Waals surface area contributed by atoms with Crippen molar-refractivity contribution in [2.24, 2.45) is 0 Å². The van der Waals surface area contributed by atoms with Gasteiger partial charge in [-0.25, -0.2) is 4.98 Å². The molecular formula is C17H16ClN3. The van der Waals surface area contributed by atoms with E-state index in [4.69, 9.17) is 11.6 Å². The summed E-state index contributed by atoms with van der Waals surface area (Å²) < 4.78 is 0. The van der Waals surface area contributed by atoms with Crippen LogP contribution < -0.4 is 4.90 Å². The molecule has 1 aromatic heterocycles. The second kappa shape index (κ2) is 5.08. The molecule has 3 aromatic rings. The standard InChI is InChI=1S/C17H16ClN3/c18-13-5-8-15-16(11-13)20-17(19-15)12-3-6-14(7-4-12)21-9-1-2-10-21/h3-8,11H,1-2,9-10H2,(H,19,20). The second-order valence-electron chi connectivity index (χ2n) is 5.49. The molecule has 0 radical (unpaired) electrons. The number of benzene rings is 2. The lowest BCUT2D eigenvalue weighted by atomic mass is 10.2. The van der Waals surface area contributed by atoms with Crippen LogP contribution in [-0.2, 0) is 0 Å². The summed E-state index contributed by atoms with van der Waals surface area (Å²) in [5.74, 6) is 0.889. The lowest BCUT2D eigenvalue weighted by Crippen LogP contribution is -2.17. The van der Waals surface area contributed by atoms with Gasteiger partial charge in [-0.2, -0.15) is 0 Å². The van der Waals surface area contributed by atoms with Crippen LogP contribution >= 0.6 is 11.6 Å². The summed E-state index contributed by atoms with van der Waals surface area (Å²) in [7, 11) is 0. The number of imidazole rings is 1. The van der Waals surface area contributed by atoms with Crippen LogP contribution in [0.25, 0.3) is 22.4 Å². The molecule has 1 saturated heterocycles. The van der Waals surface area contributed by atoms with E-state index in [0.29, 0.717) is 0 Å². The van der Waals surface area contributed by atoms with Gasteiger partial charge in [0.25, 0.3) is 0 Å². The Kier molecular flexibility index (Phi) is 3.08. The van der Waals surface area contributed by atoms with E-state index >= 15 is 0 Å². The molecule has 1 aliphatic rings. The monoisotopic (exact) mass is 297 g/mol. The van der Waals surface area contributed by atoms with Gasteiger partial charge < -0.3 is 9.88 Å². The van der Waals surface area contributed by atoms with Crippen molar-refractivity contribution < 1.29 is 0 Å². The third-order valence-corrected chi connectivity index (χ3v) is 4.29. The molecule has 0 unspecified atom stereocenters. The van der Waals surface area contributed by atoms with Crippen molar-refractivity contribution >= 4 is 28.3 Å². The topological polar surface area (TPSA) is 31.9 Å². The van der Waals surface area contributed by atoms with Gasteiger partial charge in [0.2, 0.25) is 0 Å². The summed E-state index contributed by atoms with van der Waals surface area (Å²) in [5, 5.41) is 0.724. The van der Waals surface area contributed by atoms with E-state index in [1.807, 2.05) is 18.2 Å². The van der Waals surface area contributed by atoms with Crippen molar-refractivity contribution in [1.82, 2.24) is 9.97 Å². The molecule has 2 aromatic carbocycles. The van der Waals surface area contributed by atoms with Gasteiger partial charge in [-0.15, -0.1) is 0 Å². The number of halogens is 1. The third kappa shape index (κ3) is 2.38. The number of fused-ring (bicyclic) bond motifs is 1. The molecule has 1 N–H and O–H groups in total. The Balaban J connectivity index is 1.67. The predicted molar refractivity (Wildman–Crippen MR) is 88.0 cm³/mol. The average molecular weight is 298 g/mol. The number of nitrogens with zero attached hydrogens (tertiary/aromatic N) is 2. The van der Waals surface area contributed by atoms with Gasteiger partial charge in [0, 0.05) is 29.4 Å². The minimum absolute atomic E-state index is 0.724. The van der Waals surface area contributed by atoms with E-state index in [1.165, 1.54) is 31.6 Å². The van der Waals surface area contributed by atoms with Crippen molar-refractivity contribution in [3.63, 3.8) is 0 Å². The van der Waals surface area contributed by atoms with Crippen LogP contribution in [0.5, 0.6) is 0 Å². The molecule has 0 bridgehead atoms. The summed E-state index contributed by atoms with van der Waals surface area (Å²) >= 11 is 6.01. The number of hydrogen-bond acceptors (Lipinski definition) is 2. The van der Waals surface area contributed by atoms with Crippen molar-refractivity contribution in [1.29, 1.82) is 0 Å². The van der Waals surface area contributed by atoms with E-state index in [-0.39, 0.29) is 0 Å². The fourth-order valence-corrected chi connectivity index (χ4v) is 3.10. The molecule has 1 fully saturated rings. The summed E-state index contributed by atoms with van der Waals surface area (Å²) in [5.41, 5.74) is 4.32. The van der Waals surface area contributed by atoms with Gasteiger partial charge in [0.15, 0.2) is 0 Å². The van der Waals surface area contributed by atoms with Gasteiger partial charge in [-0.3, -0.25) is 0 Å². The summed E-state index contributed by atoms with van der Waals surface area (Å²) in [6.07, 6.45) is 2.60. The average Bonchev–Trinajstić information content (AvgIpc) is 3.16. The number of hydrogen-bond donors (Lipinski definition) is 1. The van der Waals surface area contributed by atoms with Gasteiger partial charge in [-0.05, 0) is 55.3 Å². The molecule has 0 spiro atoms. The Labute approximate surface area is 128 Å². The zero-order valence-corrected chi connectivity index (χ0v) is 12.4. The lowest BCUT2D eigenvalue weighted by molar-refractivity contribution is 0.949. The fraction of sp³-hybridized carbons (Fsp3) is 0.235. The highest BCUT2D eigenvalue weighted by atomic mass is 35.5. The molecule has 0 atom stereocenters. The molecule has 0 saturated carbocycles. The third-order valence-electron chi connectivity index (χ3n) is 4.06. The maximum absolute atomic E-state index is 6.01. The maximum Gasteiger partial charge on any atom is 0.138 e. The molecule has 4 rings (SSSR count). The highest BCUT2D eigenvalue weighted by Gasteiger charge is 2.12. The molecule has 0 aliphatic carbocycles. The first kappa shape index (κ1) is 12.7. The summed E-state index contributed by atoms with van der Waals surface area (Å²) in [6, 6.07) is 14.3. The first-order chi connectivity index (χ1) is 10.3. The van der Waals surface area contributed by atoms with Crippen molar-refractivity contribution in [2.45, 2.75) is 12.8 Å². The van der Waals surface area contributed by atoms with Crippen LogP contribution in [0.15, 0.2) is 42.5 Å². The molecular weight excluding hydrogens is 282 g/mol. The van der Waals surface area contributed by atoms with Crippen molar-refractivity contribution in [3.8, 4) is 11.4 Å². The molecule has 0 amide bonds. The van der Waals surface area contributed by atoms with Gasteiger partial charge >= 0.3 is 0 Å². The van der Waals surface area contributed by atoms with Crippen LogP contribution in [-0.4, -0.2) is 23.1 Å². The zero-order valence-electron chi connectivity index (χ0n) is 11.6. The molecule has 2 heterocycles. The van der Waals surface area contributed by atoms with Gasteiger partial charge in [-0.1, -0.05) is 11.6 Å². The SMILES string of the molecule is Clc1ccc2nc(-c3ccc(N4CCCC4)cc3)[nH]c2c1. The molecule has 3 nitrogen and oxygen atoms in total. The minimum atomic E-state index is 0.724. The maximum atomic E-state index is 6.01. The van der Waals surface area contributed by atoms with Crippen LogP contribution in [0, 0.1) is 0 Å². The molecule has 106 valence electrons. The Bertz CT molecular complexity index is 770. The Morgan fingerprint density at radius 3 is 2.52 bits per heavy atom. The minimum Gasteiger partial charge on any atom is -0.372 e. The first-order valence-electron chi connectivity index (χ1n) is 7.30. The number of nitrogens with one attached hydrogen (secondary N) is 1. The highest BCUT2D eigenvalue weighted by Crippen LogP contribution is 2.26. The molecule has 4 heteroatoms. The fourth-order valence-electron chi connectivity index (χ4n) is 2.92. The van der Waals surface area contributed by atoms with Gasteiger partial charge in [0.05, 0.1) is 11.0 Å². The number of H-pyrrole nitrogens is 1. The van der Waals surface area contributed by atoms with E-state index in [9.17, 15) is 0 Å². The Morgan fingerprint density at radius 1 is 1.00 bits per heavy atom. The van der Waals surface area contributed by atoms with E-state index in [1.54, 1.807) is 0 Å². The largest absolute Gasteiger partial charge is 0.372 e. The normalized spacial score (nSPS) is 15.0. The predicted octanol–water partition coefficient (Wildman–Crippen LogP) is 4.48. The number of aromatic amines is 1. The van der Waals surface area contributed by atoms with Crippen LogP contribution in [0.4, 0.5) is 5.69 Å². The number of aromatic nitrogens is 2. The van der Waals surface area contributed by atoms with Gasteiger partial charge in [0.1, 0.15) is 5.82 Å².